The number of benzene rings is 1. The smallest absolute Gasteiger partial charge is 0.269 e. The summed E-state index contributed by atoms with van der Waals surface area (Å²) in [7, 11) is -2.25. The monoisotopic (exact) mass is 433 g/mol. The number of nitrogens with zero attached hydrogens (tertiary/aromatic N) is 3. The first-order valence-electron chi connectivity index (χ1n) is 7.31. The molecule has 1 aromatic heterocycles. The molecule has 3 rings (SSSR count). The Kier molecular flexibility index (Phi) is 4.34. The molecule has 0 radical (unpaired) electrons. The van der Waals surface area contributed by atoms with Crippen molar-refractivity contribution in [2.75, 3.05) is 10.8 Å². The van der Waals surface area contributed by atoms with Gasteiger partial charge in [0.25, 0.3) is 10.0 Å². The van der Waals surface area contributed by atoms with Crippen LogP contribution >= 0.6 is 27.5 Å². The molecule has 1 aliphatic heterocycles. The molecule has 0 spiro atoms. The van der Waals surface area contributed by atoms with Crippen molar-refractivity contribution in [2.45, 2.75) is 31.8 Å². The average Bonchev–Trinajstić information content (AvgIpc) is 2.73. The summed E-state index contributed by atoms with van der Waals surface area (Å²) < 4.78 is 35.9. The second kappa shape index (κ2) is 5.93. The van der Waals surface area contributed by atoms with Crippen LogP contribution in [0.15, 0.2) is 21.5 Å². The molecular weight excluding hydrogens is 418 g/mol. The summed E-state index contributed by atoms with van der Waals surface area (Å²) in [5.41, 5.74) is 1.83. The Bertz CT molecular complexity index is 927. The number of rotatable bonds is 2. The summed E-state index contributed by atoms with van der Waals surface area (Å²) in [5, 5.41) is 4.21. The van der Waals surface area contributed by atoms with Gasteiger partial charge in [0, 0.05) is 11.5 Å². The Morgan fingerprint density at radius 3 is 2.62 bits per heavy atom. The first-order chi connectivity index (χ1) is 11.1. The van der Waals surface area contributed by atoms with Gasteiger partial charge in [-0.15, -0.1) is 0 Å². The fourth-order valence-corrected chi connectivity index (χ4v) is 5.35. The molecule has 9 heteroatoms. The molecule has 0 unspecified atom stereocenters. The van der Waals surface area contributed by atoms with Crippen LogP contribution in [0.2, 0.25) is 5.15 Å². The molecule has 0 aliphatic carbocycles. The first kappa shape index (κ1) is 17.6. The van der Waals surface area contributed by atoms with Crippen molar-refractivity contribution in [1.29, 1.82) is 0 Å². The largest absolute Gasteiger partial charge is 0.487 e. The molecule has 6 nitrogen and oxygen atoms in total. The van der Waals surface area contributed by atoms with Crippen LogP contribution in [0.4, 0.5) is 5.69 Å². The van der Waals surface area contributed by atoms with Gasteiger partial charge >= 0.3 is 0 Å². The molecule has 1 aromatic carbocycles. The highest BCUT2D eigenvalue weighted by molar-refractivity contribution is 9.10. The van der Waals surface area contributed by atoms with Crippen molar-refractivity contribution in [3.63, 3.8) is 0 Å². The van der Waals surface area contributed by atoms with Crippen molar-refractivity contribution in [3.8, 4) is 5.75 Å². The summed E-state index contributed by atoms with van der Waals surface area (Å²) in [6.07, 6.45) is -0.274. The topological polar surface area (TPSA) is 64.4 Å². The van der Waals surface area contributed by atoms with E-state index in [2.05, 4.69) is 21.0 Å². The molecule has 2 heterocycles. The Morgan fingerprint density at radius 2 is 2.04 bits per heavy atom. The lowest BCUT2D eigenvalue weighted by Gasteiger charge is -2.34. The average molecular weight is 435 g/mol. The third-order valence-corrected chi connectivity index (χ3v) is 7.24. The molecule has 0 bridgehead atoms. The SMILES string of the molecule is Cc1cc2c(cc1Br)N(S(=O)(=O)c1c(C)nn(C)c1Cl)C[C@@H](C)O2. The Balaban J connectivity index is 2.21. The highest BCUT2D eigenvalue weighted by atomic mass is 79.9. The number of aryl methyl sites for hydroxylation is 3. The van der Waals surface area contributed by atoms with Gasteiger partial charge in [-0.25, -0.2) is 8.42 Å². The van der Waals surface area contributed by atoms with Crippen molar-refractivity contribution < 1.29 is 13.2 Å². The van der Waals surface area contributed by atoms with Gasteiger partial charge in [0.15, 0.2) is 0 Å². The molecule has 0 fully saturated rings. The van der Waals surface area contributed by atoms with E-state index in [0.717, 1.165) is 10.0 Å². The minimum atomic E-state index is -3.86. The predicted molar refractivity (Wildman–Crippen MR) is 96.5 cm³/mol. The Hall–Kier alpha value is -1.25. The fourth-order valence-electron chi connectivity index (χ4n) is 2.76. The maximum atomic E-state index is 13.3. The van der Waals surface area contributed by atoms with Gasteiger partial charge in [0.05, 0.1) is 17.9 Å². The van der Waals surface area contributed by atoms with E-state index in [-0.39, 0.29) is 22.7 Å². The van der Waals surface area contributed by atoms with E-state index in [0.29, 0.717) is 17.1 Å². The second-order valence-corrected chi connectivity index (χ2v) is 8.87. The molecule has 0 saturated carbocycles. The van der Waals surface area contributed by atoms with Crippen LogP contribution in [-0.2, 0) is 17.1 Å². The summed E-state index contributed by atoms with van der Waals surface area (Å²) in [5.74, 6) is 0.538. The van der Waals surface area contributed by atoms with Gasteiger partial charge in [-0.1, -0.05) is 27.5 Å². The van der Waals surface area contributed by atoms with Gasteiger partial charge < -0.3 is 4.74 Å². The van der Waals surface area contributed by atoms with E-state index in [1.807, 2.05) is 19.9 Å². The lowest BCUT2D eigenvalue weighted by atomic mass is 10.2. The lowest BCUT2D eigenvalue weighted by molar-refractivity contribution is 0.219. The highest BCUT2D eigenvalue weighted by Gasteiger charge is 2.37. The van der Waals surface area contributed by atoms with E-state index >= 15 is 0 Å². The zero-order chi connectivity index (χ0) is 17.8. The fraction of sp³-hybridized carbons (Fsp3) is 0.400. The molecule has 0 saturated heterocycles. The van der Waals surface area contributed by atoms with E-state index < -0.39 is 10.0 Å². The highest BCUT2D eigenvalue weighted by Crippen LogP contribution is 2.41. The summed E-state index contributed by atoms with van der Waals surface area (Å²) in [6.45, 7) is 5.60. The van der Waals surface area contributed by atoms with Gasteiger partial charge in [-0.2, -0.15) is 5.10 Å². The molecule has 24 heavy (non-hydrogen) atoms. The zero-order valence-corrected chi connectivity index (χ0v) is 16.8. The van der Waals surface area contributed by atoms with E-state index in [4.69, 9.17) is 16.3 Å². The molecule has 2 aromatic rings. The van der Waals surface area contributed by atoms with Crippen molar-refractivity contribution in [2.24, 2.45) is 7.05 Å². The maximum Gasteiger partial charge on any atom is 0.269 e. The van der Waals surface area contributed by atoms with Crippen LogP contribution in [0.1, 0.15) is 18.2 Å². The Morgan fingerprint density at radius 1 is 1.38 bits per heavy atom. The number of sulfonamides is 1. The number of ether oxygens (including phenoxy) is 1. The van der Waals surface area contributed by atoms with Crippen molar-refractivity contribution in [1.82, 2.24) is 9.78 Å². The maximum absolute atomic E-state index is 13.3. The number of anilines is 1. The number of hydrogen-bond acceptors (Lipinski definition) is 4. The van der Waals surface area contributed by atoms with Crippen LogP contribution in [0.3, 0.4) is 0 Å². The number of halogens is 2. The van der Waals surface area contributed by atoms with E-state index in [9.17, 15) is 8.42 Å². The van der Waals surface area contributed by atoms with Gasteiger partial charge in [0.1, 0.15) is 21.9 Å². The molecule has 0 N–H and O–H groups in total. The lowest BCUT2D eigenvalue weighted by Crippen LogP contribution is -2.42. The normalized spacial score (nSPS) is 17.6. The van der Waals surface area contributed by atoms with Gasteiger partial charge in [0.2, 0.25) is 0 Å². The Labute approximate surface area is 154 Å². The predicted octanol–water partition coefficient (Wildman–Crippen LogP) is 3.43. The third kappa shape index (κ3) is 2.70. The third-order valence-electron chi connectivity index (χ3n) is 3.91. The van der Waals surface area contributed by atoms with Crippen LogP contribution in [-0.4, -0.2) is 30.8 Å². The van der Waals surface area contributed by atoms with E-state index in [1.54, 1.807) is 20.0 Å². The molecule has 0 amide bonds. The zero-order valence-electron chi connectivity index (χ0n) is 13.7. The molecule has 130 valence electrons. The quantitative estimate of drug-likeness (QED) is 0.726. The van der Waals surface area contributed by atoms with Gasteiger partial charge in [-0.3, -0.25) is 8.99 Å². The minimum absolute atomic E-state index is 0.0309. The second-order valence-electron chi connectivity index (χ2n) is 5.86. The van der Waals surface area contributed by atoms with E-state index in [1.165, 1.54) is 8.99 Å². The van der Waals surface area contributed by atoms with Crippen LogP contribution in [0.25, 0.3) is 0 Å². The molecule has 1 atom stereocenters. The van der Waals surface area contributed by atoms with Crippen LogP contribution < -0.4 is 9.04 Å². The number of aromatic nitrogens is 2. The minimum Gasteiger partial charge on any atom is -0.487 e. The van der Waals surface area contributed by atoms with Crippen LogP contribution in [0, 0.1) is 13.8 Å². The van der Waals surface area contributed by atoms with Gasteiger partial charge in [-0.05, 0) is 38.5 Å². The summed E-state index contributed by atoms with van der Waals surface area (Å²) in [6, 6.07) is 3.59. The summed E-state index contributed by atoms with van der Waals surface area (Å²) in [4.78, 5) is 0.0309. The first-order valence-corrected chi connectivity index (χ1v) is 9.92. The van der Waals surface area contributed by atoms with Crippen molar-refractivity contribution >= 4 is 43.2 Å². The van der Waals surface area contributed by atoms with Crippen LogP contribution in [0.5, 0.6) is 5.75 Å². The van der Waals surface area contributed by atoms with Crippen molar-refractivity contribution in [3.05, 3.63) is 33.0 Å². The number of fused-ring (bicyclic) bond motifs is 1. The number of hydrogen-bond donors (Lipinski definition) is 0. The molecule has 1 aliphatic rings. The molecular formula is C15H17BrClN3O3S. The standard InChI is InChI=1S/C15H17BrClN3O3S/c1-8-5-13-12(6-11(8)16)20(7-9(2)23-13)24(21,22)14-10(3)18-19(4)15(14)17/h5-6,9H,7H2,1-4H3/t9-/m1/s1. The summed E-state index contributed by atoms with van der Waals surface area (Å²) >= 11 is 9.65.